The molecule has 2 aromatic carbocycles. The molecule has 32 heavy (non-hydrogen) atoms. The lowest BCUT2D eigenvalue weighted by Gasteiger charge is -2.13. The highest BCUT2D eigenvalue weighted by Gasteiger charge is 2.18. The van der Waals surface area contributed by atoms with Gasteiger partial charge in [-0.05, 0) is 23.8 Å². The fraction of sp³-hybridized carbons (Fsp3) is 0.100. The molecular formula is C20H13Cl2N5O5. The lowest BCUT2D eigenvalue weighted by Crippen LogP contribution is -2.35. The first-order valence-electron chi connectivity index (χ1n) is 9.07. The third-order valence-corrected chi connectivity index (χ3v) is 5.45. The quantitative estimate of drug-likeness (QED) is 0.459. The molecule has 4 rings (SSSR count). The first-order valence-corrected chi connectivity index (χ1v) is 9.83. The molecule has 2 N–H and O–H groups in total. The summed E-state index contributed by atoms with van der Waals surface area (Å²) in [5.74, 6) is -1.60. The van der Waals surface area contributed by atoms with E-state index in [0.29, 0.717) is 26.7 Å². The molecule has 0 spiro atoms. The van der Waals surface area contributed by atoms with Gasteiger partial charge < -0.3 is 5.11 Å². The number of H-pyrrole nitrogens is 1. The van der Waals surface area contributed by atoms with Gasteiger partial charge >= 0.3 is 11.7 Å². The summed E-state index contributed by atoms with van der Waals surface area (Å²) in [7, 11) is 1.54. The molecule has 2 heterocycles. The number of halogens is 2. The van der Waals surface area contributed by atoms with Crippen LogP contribution in [0.15, 0.2) is 50.8 Å². The van der Waals surface area contributed by atoms with Crippen molar-refractivity contribution in [1.29, 1.82) is 0 Å². The number of fused-ring (bicyclic) bond motifs is 1. The summed E-state index contributed by atoms with van der Waals surface area (Å²) < 4.78 is 1.91. The highest BCUT2D eigenvalue weighted by Crippen LogP contribution is 2.30. The Morgan fingerprint density at radius 2 is 1.69 bits per heavy atom. The van der Waals surface area contributed by atoms with Crippen molar-refractivity contribution in [3.8, 4) is 5.69 Å². The van der Waals surface area contributed by atoms with E-state index in [0.717, 1.165) is 0 Å². The summed E-state index contributed by atoms with van der Waals surface area (Å²) >= 11 is 12.9. The molecule has 0 amide bonds. The van der Waals surface area contributed by atoms with E-state index < -0.39 is 22.9 Å². The van der Waals surface area contributed by atoms with E-state index in [-0.39, 0.29) is 27.7 Å². The lowest BCUT2D eigenvalue weighted by atomic mass is 10.0. The second kappa shape index (κ2) is 8.06. The molecule has 0 saturated carbocycles. The van der Waals surface area contributed by atoms with Crippen molar-refractivity contribution in [1.82, 2.24) is 24.5 Å². The molecule has 0 radical (unpaired) electrons. The third-order valence-electron chi connectivity index (χ3n) is 4.78. The van der Waals surface area contributed by atoms with Crippen LogP contribution in [-0.2, 0) is 13.5 Å². The van der Waals surface area contributed by atoms with Crippen molar-refractivity contribution in [2.75, 3.05) is 0 Å². The number of benzene rings is 2. The Bertz CT molecular complexity index is 1570. The van der Waals surface area contributed by atoms with Crippen molar-refractivity contribution in [2.45, 2.75) is 6.42 Å². The molecule has 4 aromatic rings. The fourth-order valence-electron chi connectivity index (χ4n) is 3.27. The second-order valence-electron chi connectivity index (χ2n) is 6.81. The molecule has 162 valence electrons. The van der Waals surface area contributed by atoms with Crippen LogP contribution in [0.2, 0.25) is 10.0 Å². The molecule has 0 aliphatic carbocycles. The van der Waals surface area contributed by atoms with Gasteiger partial charge in [-0.2, -0.15) is 14.9 Å². The Hall–Kier alpha value is -3.76. The Balaban J connectivity index is 1.84. The Morgan fingerprint density at radius 1 is 1.06 bits per heavy atom. The zero-order chi connectivity index (χ0) is 23.2. The van der Waals surface area contributed by atoms with Crippen molar-refractivity contribution < 1.29 is 9.90 Å². The van der Waals surface area contributed by atoms with Gasteiger partial charge in [0.05, 0.1) is 16.8 Å². The van der Waals surface area contributed by atoms with E-state index in [1.807, 2.05) is 4.98 Å². The Kier molecular flexibility index (Phi) is 5.41. The highest BCUT2D eigenvalue weighted by atomic mass is 35.5. The number of hydrogen-bond acceptors (Lipinski definition) is 6. The number of aryl methyl sites for hydroxylation is 1. The molecule has 12 heteroatoms. The van der Waals surface area contributed by atoms with Crippen LogP contribution in [0.4, 0.5) is 0 Å². The maximum Gasteiger partial charge on any atom is 0.362 e. The summed E-state index contributed by atoms with van der Waals surface area (Å²) in [6, 6.07) is 9.74. The van der Waals surface area contributed by atoms with E-state index in [9.17, 15) is 19.2 Å². The molecule has 0 atom stereocenters. The Morgan fingerprint density at radius 3 is 2.31 bits per heavy atom. The van der Waals surface area contributed by atoms with Gasteiger partial charge in [0.2, 0.25) is 5.69 Å². The van der Waals surface area contributed by atoms with Gasteiger partial charge in [0, 0.05) is 28.9 Å². The minimum Gasteiger partial charge on any atom is -0.476 e. The number of nitrogens with zero attached hydrogens (tertiary/aromatic N) is 4. The molecule has 0 bridgehead atoms. The summed E-state index contributed by atoms with van der Waals surface area (Å²) in [6.07, 6.45) is 0.181. The standard InChI is InChI=1S/C20H13Cl2N5O5/c1-26-18(29)11-5-3-2-4-10(11)15(24-26)8-12-13(21)6-9(7-14(12)22)27-20(32)23-17(28)16(25-27)19(30)31/h2-7H,8H2,1H3,(H,30,31)(H,23,28,32). The molecule has 2 aromatic heterocycles. The zero-order valence-corrected chi connectivity index (χ0v) is 17.8. The smallest absolute Gasteiger partial charge is 0.362 e. The van der Waals surface area contributed by atoms with Gasteiger partial charge in [-0.25, -0.2) is 14.3 Å². The van der Waals surface area contributed by atoms with Crippen LogP contribution < -0.4 is 16.8 Å². The normalized spacial score (nSPS) is 11.1. The first kappa shape index (κ1) is 21.5. The zero-order valence-electron chi connectivity index (χ0n) is 16.3. The summed E-state index contributed by atoms with van der Waals surface area (Å²) in [4.78, 5) is 49.2. The van der Waals surface area contributed by atoms with Crippen molar-refractivity contribution in [3.05, 3.63) is 94.6 Å². The van der Waals surface area contributed by atoms with E-state index in [2.05, 4.69) is 10.2 Å². The highest BCUT2D eigenvalue weighted by molar-refractivity contribution is 6.36. The predicted molar refractivity (Wildman–Crippen MR) is 117 cm³/mol. The molecule has 0 aliphatic rings. The van der Waals surface area contributed by atoms with Gasteiger partial charge in [0.25, 0.3) is 11.1 Å². The number of aromatic carboxylic acids is 1. The number of hydrogen-bond donors (Lipinski definition) is 2. The summed E-state index contributed by atoms with van der Waals surface area (Å²) in [5.41, 5.74) is -2.08. The van der Waals surface area contributed by atoms with Gasteiger partial charge in [0.15, 0.2) is 0 Å². The largest absolute Gasteiger partial charge is 0.476 e. The molecule has 0 aliphatic heterocycles. The van der Waals surface area contributed by atoms with Crippen LogP contribution in [0.5, 0.6) is 0 Å². The van der Waals surface area contributed by atoms with E-state index in [1.165, 1.54) is 16.8 Å². The minimum absolute atomic E-state index is 0.0609. The van der Waals surface area contributed by atoms with Crippen LogP contribution in [0, 0.1) is 0 Å². The summed E-state index contributed by atoms with van der Waals surface area (Å²) in [5, 5.41) is 18.5. The van der Waals surface area contributed by atoms with E-state index in [4.69, 9.17) is 28.3 Å². The SMILES string of the molecule is Cn1nc(Cc2c(Cl)cc(-n3nc(C(=O)O)c(=O)[nH]c3=O)cc2Cl)c2ccccc2c1=O. The maximum absolute atomic E-state index is 12.3. The average Bonchev–Trinajstić information content (AvgIpc) is 2.73. The molecule has 10 nitrogen and oxygen atoms in total. The molecule has 0 fully saturated rings. The van der Waals surface area contributed by atoms with Crippen LogP contribution in [0.3, 0.4) is 0 Å². The monoisotopic (exact) mass is 473 g/mol. The number of aromatic nitrogens is 5. The van der Waals surface area contributed by atoms with Gasteiger partial charge in [0.1, 0.15) is 0 Å². The van der Waals surface area contributed by atoms with E-state index in [1.54, 1.807) is 31.3 Å². The number of carboxylic acid groups (broad SMARTS) is 1. The number of nitrogens with one attached hydrogen (secondary N) is 1. The summed E-state index contributed by atoms with van der Waals surface area (Å²) in [6.45, 7) is 0. The topological polar surface area (TPSA) is 140 Å². The number of carbonyl (C=O) groups is 1. The van der Waals surface area contributed by atoms with Gasteiger partial charge in [-0.15, -0.1) is 0 Å². The average molecular weight is 474 g/mol. The minimum atomic E-state index is -1.60. The van der Waals surface area contributed by atoms with Crippen LogP contribution in [-0.4, -0.2) is 35.6 Å². The van der Waals surface area contributed by atoms with Gasteiger partial charge in [-0.1, -0.05) is 41.4 Å². The first-order chi connectivity index (χ1) is 15.2. The second-order valence-corrected chi connectivity index (χ2v) is 7.63. The predicted octanol–water partition coefficient (Wildman–Crippen LogP) is 1.76. The third kappa shape index (κ3) is 3.70. The maximum atomic E-state index is 12.3. The van der Waals surface area contributed by atoms with Crippen molar-refractivity contribution in [3.63, 3.8) is 0 Å². The van der Waals surface area contributed by atoms with Gasteiger partial charge in [-0.3, -0.25) is 14.6 Å². The molecule has 0 unspecified atom stereocenters. The fourth-order valence-corrected chi connectivity index (χ4v) is 3.88. The lowest BCUT2D eigenvalue weighted by molar-refractivity contribution is 0.0685. The van der Waals surface area contributed by atoms with Crippen LogP contribution in [0.1, 0.15) is 21.7 Å². The number of rotatable bonds is 4. The molecule has 0 saturated heterocycles. The van der Waals surface area contributed by atoms with Crippen LogP contribution in [0.25, 0.3) is 16.5 Å². The number of carboxylic acids is 1. The number of aromatic amines is 1. The Labute approximate surface area is 188 Å². The van der Waals surface area contributed by atoms with Crippen LogP contribution >= 0.6 is 23.2 Å². The van der Waals surface area contributed by atoms with Crippen molar-refractivity contribution in [2.24, 2.45) is 7.05 Å². The molecular weight excluding hydrogens is 461 g/mol. The van der Waals surface area contributed by atoms with Crippen molar-refractivity contribution >= 4 is 39.9 Å². The van der Waals surface area contributed by atoms with E-state index >= 15 is 0 Å².